The average molecular weight is 380 g/mol. The summed E-state index contributed by atoms with van der Waals surface area (Å²) >= 11 is 0. The molecule has 0 bridgehead atoms. The van der Waals surface area contributed by atoms with Crippen molar-refractivity contribution < 1.29 is 27.9 Å². The van der Waals surface area contributed by atoms with Crippen LogP contribution < -0.4 is 11.2 Å². The molecular weight excluding hydrogens is 347 g/mol. The topological polar surface area (TPSA) is 111 Å². The third-order valence-corrected chi connectivity index (χ3v) is 4.11. The summed E-state index contributed by atoms with van der Waals surface area (Å²) in [4.78, 5) is 36.6. The quantitative estimate of drug-likeness (QED) is 0.457. The zero-order valence-corrected chi connectivity index (χ0v) is 14.6. The molecule has 8 nitrogen and oxygen atoms in total. The molecule has 0 radical (unpaired) electrons. The van der Waals surface area contributed by atoms with Crippen LogP contribution in [0.4, 0.5) is 4.39 Å². The van der Waals surface area contributed by atoms with Gasteiger partial charge in [-0.25, -0.2) is 9.18 Å². The van der Waals surface area contributed by atoms with Gasteiger partial charge < -0.3 is 19.4 Å². The lowest BCUT2D eigenvalue weighted by Crippen LogP contribution is -2.37. The number of ether oxygens (including phenoxy) is 2. The van der Waals surface area contributed by atoms with E-state index in [9.17, 15) is 18.8 Å². The Balaban J connectivity index is 0.00000218. The van der Waals surface area contributed by atoms with Crippen LogP contribution in [0.15, 0.2) is 15.8 Å². The predicted octanol–water partition coefficient (Wildman–Crippen LogP) is 0.717. The van der Waals surface area contributed by atoms with Crippen LogP contribution in [0.2, 0.25) is 0 Å². The number of hydrogen-bond donors (Lipinski definition) is 2. The number of aromatic amines is 1. The van der Waals surface area contributed by atoms with E-state index in [0.717, 1.165) is 17.3 Å². The van der Waals surface area contributed by atoms with Crippen LogP contribution in [0.1, 0.15) is 49.0 Å². The minimum absolute atomic E-state index is 0.266. The molecule has 1 aromatic heterocycles. The number of nitrogens with one attached hydrogen (secondary N) is 1. The second-order valence-electron chi connectivity index (χ2n) is 5.89. The molecule has 2 rings (SSSR count). The number of hydrogen-bond acceptors (Lipinski definition) is 6. The number of aliphatic hydroxyl groups excluding tert-OH is 1. The van der Waals surface area contributed by atoms with Crippen LogP contribution >= 0.6 is 0 Å². The third-order valence-electron chi connectivity index (χ3n) is 4.11. The number of carbonyl (C=O) groups excluding carboxylic acids is 1. The number of unbranched alkanes of at least 4 members (excludes halogenated alkanes) is 3. The standard InChI is InChI=1S/C16H23FN2O6.CH4/c1-24-9-11-13(21)12(17)15(25-11)19-8-10(14(22)18-16(19)23)6-4-2-3-5-7-20;/h7-8,11-13,15,21H,2-6,9H2,1H3,(H,18,22,23);1H4/i1TD,21D;1T. The predicted molar refractivity (Wildman–Crippen MR) is 93.0 cm³/mol. The number of rotatable bonds is 10. The van der Waals surface area contributed by atoms with Gasteiger partial charge in [-0.05, 0) is 19.3 Å². The number of nitrogens with zero attached hydrogens (tertiary/aromatic N) is 1. The minimum Gasteiger partial charge on any atom is -0.387 e. The highest BCUT2D eigenvalue weighted by Gasteiger charge is 2.45. The Hall–Kier alpha value is -1.84. The van der Waals surface area contributed by atoms with Gasteiger partial charge in [0.25, 0.3) is 5.56 Å². The van der Waals surface area contributed by atoms with E-state index >= 15 is 0 Å². The summed E-state index contributed by atoms with van der Waals surface area (Å²) in [5, 5.41) is 4.35. The van der Waals surface area contributed by atoms with E-state index in [-0.39, 0.29) is 12.2 Å². The first-order chi connectivity index (χ1) is 14.4. The minimum atomic E-state index is -1.90. The number of aldehydes is 1. The molecule has 1 saturated heterocycles. The van der Waals surface area contributed by atoms with Gasteiger partial charge in [0.1, 0.15) is 18.5 Å². The molecule has 0 spiro atoms. The van der Waals surface area contributed by atoms with Crippen LogP contribution in [0.25, 0.3) is 0 Å². The van der Waals surface area contributed by atoms with Crippen molar-refractivity contribution in [1.29, 1.82) is 1.43 Å². The first kappa shape index (κ1) is 16.3. The van der Waals surface area contributed by atoms with E-state index < -0.39 is 42.9 Å². The first-order valence-electron chi connectivity index (χ1n) is 10.6. The molecule has 5 atom stereocenters. The largest absolute Gasteiger partial charge is 0.387 e. The van der Waals surface area contributed by atoms with Gasteiger partial charge in [0, 0.05) is 26.6 Å². The number of alkyl halides is 1. The Morgan fingerprint density at radius 3 is 3.12 bits per heavy atom. The summed E-state index contributed by atoms with van der Waals surface area (Å²) < 4.78 is 52.6. The van der Waals surface area contributed by atoms with E-state index in [4.69, 9.17) is 15.0 Å². The molecule has 2 heterocycles. The van der Waals surface area contributed by atoms with Crippen molar-refractivity contribution in [1.82, 2.24) is 9.55 Å². The van der Waals surface area contributed by atoms with E-state index in [1.807, 2.05) is 0 Å². The Morgan fingerprint density at radius 1 is 1.62 bits per heavy atom. The van der Waals surface area contributed by atoms with Gasteiger partial charge in [-0.3, -0.25) is 14.3 Å². The molecule has 1 aliphatic heterocycles. The van der Waals surface area contributed by atoms with Crippen LogP contribution in [0, 0.1) is 0 Å². The van der Waals surface area contributed by atoms with E-state index in [1.165, 1.54) is 13.6 Å². The first-order valence-corrected chi connectivity index (χ1v) is 8.04. The fourth-order valence-corrected chi connectivity index (χ4v) is 2.76. The summed E-state index contributed by atoms with van der Waals surface area (Å²) in [5.41, 5.74) is -1.18. The number of aliphatic hydroxyl groups is 1. The summed E-state index contributed by atoms with van der Waals surface area (Å²) in [6.45, 7) is -0.361. The lowest BCUT2D eigenvalue weighted by Gasteiger charge is -2.17. The Labute approximate surface area is 156 Å². The van der Waals surface area contributed by atoms with Crippen molar-refractivity contribution >= 4 is 6.29 Å². The normalized spacial score (nSPS) is 28.1. The highest BCUT2D eigenvalue weighted by atomic mass is 19.1. The van der Waals surface area contributed by atoms with E-state index in [0.29, 0.717) is 25.7 Å². The summed E-state index contributed by atoms with van der Waals surface area (Å²) in [5.74, 6) is 0. The molecule has 1 aromatic rings. The molecule has 1 aliphatic rings. The number of halogens is 1. The monoisotopic (exact) mass is 380 g/mol. The van der Waals surface area contributed by atoms with Crippen molar-refractivity contribution in [3.05, 3.63) is 32.6 Å². The number of methoxy groups -OCH3 is 1. The van der Waals surface area contributed by atoms with Crippen LogP contribution in [0.5, 0.6) is 0 Å². The molecular formula is C17H27FN2O6. The van der Waals surface area contributed by atoms with Gasteiger partial charge in [-0.15, -0.1) is 0 Å². The molecule has 1 fully saturated rings. The van der Waals surface area contributed by atoms with Crippen molar-refractivity contribution in [3.63, 3.8) is 0 Å². The fraction of sp³-hybridized carbons (Fsp3) is 0.706. The van der Waals surface area contributed by atoms with E-state index in [2.05, 4.69) is 10.1 Å². The van der Waals surface area contributed by atoms with Gasteiger partial charge in [0.2, 0.25) is 1.43 Å². The van der Waals surface area contributed by atoms with Gasteiger partial charge in [-0.2, -0.15) is 0 Å². The van der Waals surface area contributed by atoms with Crippen LogP contribution in [0.3, 0.4) is 0 Å². The van der Waals surface area contributed by atoms with E-state index in [1.54, 1.807) is 0 Å². The maximum absolute atomic E-state index is 14.7. The lowest BCUT2D eigenvalue weighted by molar-refractivity contribution is -0.107. The Morgan fingerprint density at radius 2 is 2.42 bits per heavy atom. The smallest absolute Gasteiger partial charge is 0.330 e. The van der Waals surface area contributed by atoms with Crippen LogP contribution in [-0.4, -0.2) is 54.4 Å². The number of H-pyrrole nitrogens is 1. The number of aromatic nitrogens is 2. The van der Waals surface area contributed by atoms with Gasteiger partial charge in [-0.1, -0.05) is 13.8 Å². The zero-order chi connectivity index (χ0) is 22.7. The number of aryl methyl sites for hydroxylation is 1. The molecule has 0 saturated carbocycles. The summed E-state index contributed by atoms with van der Waals surface area (Å²) in [6, 6.07) is 0. The second kappa shape index (κ2) is 10.3. The lowest BCUT2D eigenvalue weighted by atomic mass is 10.1. The molecule has 26 heavy (non-hydrogen) atoms. The maximum atomic E-state index is 14.7. The van der Waals surface area contributed by atoms with Crippen molar-refractivity contribution in [3.8, 4) is 0 Å². The second-order valence-corrected chi connectivity index (χ2v) is 5.89. The van der Waals surface area contributed by atoms with Crippen molar-refractivity contribution in [2.75, 3.05) is 13.7 Å². The molecule has 5 unspecified atom stereocenters. The number of carbonyl (C=O) groups is 1. The van der Waals surface area contributed by atoms with Gasteiger partial charge in [0.05, 0.1) is 9.35 Å². The molecule has 0 amide bonds. The van der Waals surface area contributed by atoms with Gasteiger partial charge >= 0.3 is 5.69 Å². The Kier molecular flexibility index (Phi) is 6.50. The molecule has 148 valence electrons. The molecule has 2 N–H and O–H groups in total. The summed E-state index contributed by atoms with van der Waals surface area (Å²) in [7, 11) is -0.367. The van der Waals surface area contributed by atoms with Crippen LogP contribution in [-0.2, 0) is 20.7 Å². The zero-order valence-electron chi connectivity index (χ0n) is 18.6. The van der Waals surface area contributed by atoms with Crippen molar-refractivity contribution in [2.24, 2.45) is 0 Å². The third kappa shape index (κ3) is 5.09. The summed E-state index contributed by atoms with van der Waals surface area (Å²) in [6.07, 6.45) is -0.982. The fourth-order valence-electron chi connectivity index (χ4n) is 2.76. The molecule has 0 aromatic carbocycles. The maximum Gasteiger partial charge on any atom is 0.330 e. The molecule has 0 aliphatic carbocycles. The highest BCUT2D eigenvalue weighted by molar-refractivity contribution is 5.48. The SMILES string of the molecule is [2H]OC1C(COC([2H])[3H])OC(n2cc(CCCCCC=O)c(=O)[nH]c2=O)C1F.[3H]C. The van der Waals surface area contributed by atoms with Gasteiger partial charge in [0.15, 0.2) is 12.4 Å². The Bertz CT molecular complexity index is 762. The van der Waals surface area contributed by atoms with Crippen molar-refractivity contribution in [2.45, 2.75) is 64.1 Å². The average Bonchev–Trinajstić information content (AvgIpc) is 3.04. The molecule has 9 heteroatoms. The highest BCUT2D eigenvalue weighted by Crippen LogP contribution is 2.31.